The van der Waals surface area contributed by atoms with E-state index < -0.39 is 11.8 Å². The summed E-state index contributed by atoms with van der Waals surface area (Å²) in [6.45, 7) is 4.63. The molecule has 2 rings (SSSR count). The Morgan fingerprint density at radius 1 is 1.38 bits per heavy atom. The van der Waals surface area contributed by atoms with Crippen LogP contribution in [0.4, 0.5) is 4.39 Å². The van der Waals surface area contributed by atoms with Gasteiger partial charge in [0, 0.05) is 18.7 Å². The van der Waals surface area contributed by atoms with Crippen LogP contribution in [0.15, 0.2) is 24.3 Å². The third-order valence-electron chi connectivity index (χ3n) is 3.68. The first-order valence-electron chi connectivity index (χ1n) is 6.90. The van der Waals surface area contributed by atoms with Gasteiger partial charge in [0.25, 0.3) is 5.91 Å². The van der Waals surface area contributed by atoms with Crippen LogP contribution >= 0.6 is 0 Å². The smallest absolute Gasteiger partial charge is 0.328 e. The molecule has 2 atom stereocenters. The number of hydrogen-bond donors (Lipinski definition) is 1. The first kappa shape index (κ1) is 15.2. The summed E-state index contributed by atoms with van der Waals surface area (Å²) in [5.74, 6) is -1.61. The lowest BCUT2D eigenvalue weighted by Gasteiger charge is -2.22. The van der Waals surface area contributed by atoms with E-state index in [0.29, 0.717) is 18.0 Å². The topological polar surface area (TPSA) is 57.6 Å². The van der Waals surface area contributed by atoms with E-state index in [1.165, 1.54) is 24.3 Å². The second-order valence-corrected chi connectivity index (χ2v) is 5.56. The molecule has 1 aliphatic rings. The van der Waals surface area contributed by atoms with Crippen LogP contribution in [-0.4, -0.2) is 34.5 Å². The highest BCUT2D eigenvalue weighted by Gasteiger charge is 2.31. The molecule has 0 bridgehead atoms. The van der Waals surface area contributed by atoms with Crippen molar-refractivity contribution in [2.45, 2.75) is 26.3 Å². The molecule has 21 heavy (non-hydrogen) atoms. The summed E-state index contributed by atoms with van der Waals surface area (Å²) >= 11 is 0. The number of halogens is 1. The van der Waals surface area contributed by atoms with Crippen LogP contribution < -0.4 is 0 Å². The third kappa shape index (κ3) is 3.48. The largest absolute Gasteiger partial charge is 0.478 e. The number of rotatable bonds is 3. The normalized spacial score (nSPS) is 22.0. The number of likely N-dealkylation sites (tertiary alicyclic amines) is 1. The lowest BCUT2D eigenvalue weighted by Crippen LogP contribution is -2.34. The maximum atomic E-state index is 13.9. The van der Waals surface area contributed by atoms with Crippen LogP contribution in [0.5, 0.6) is 0 Å². The number of carbonyl (C=O) groups excluding carboxylic acids is 1. The van der Waals surface area contributed by atoms with Gasteiger partial charge in [0.15, 0.2) is 0 Å². The molecule has 0 aliphatic carbocycles. The van der Waals surface area contributed by atoms with Crippen LogP contribution in [0.3, 0.4) is 0 Å². The van der Waals surface area contributed by atoms with Crippen molar-refractivity contribution in [1.82, 2.24) is 4.90 Å². The van der Waals surface area contributed by atoms with E-state index in [9.17, 15) is 14.0 Å². The van der Waals surface area contributed by atoms with E-state index in [0.717, 1.165) is 12.5 Å². The van der Waals surface area contributed by atoms with Crippen LogP contribution in [0.2, 0.25) is 0 Å². The predicted molar refractivity (Wildman–Crippen MR) is 77.3 cm³/mol. The van der Waals surface area contributed by atoms with Crippen LogP contribution in [0.1, 0.15) is 36.2 Å². The van der Waals surface area contributed by atoms with Gasteiger partial charge in [-0.05, 0) is 43.0 Å². The van der Waals surface area contributed by atoms with Crippen molar-refractivity contribution in [3.63, 3.8) is 0 Å². The van der Waals surface area contributed by atoms with Crippen LogP contribution in [-0.2, 0) is 4.79 Å². The number of carboxylic acid groups (broad SMARTS) is 1. The Labute approximate surface area is 122 Å². The first-order valence-corrected chi connectivity index (χ1v) is 6.90. The van der Waals surface area contributed by atoms with Crippen LogP contribution in [0.25, 0.3) is 6.08 Å². The molecule has 0 saturated carbocycles. The van der Waals surface area contributed by atoms with Gasteiger partial charge < -0.3 is 10.0 Å². The number of benzene rings is 1. The van der Waals surface area contributed by atoms with Crippen molar-refractivity contribution in [1.29, 1.82) is 0 Å². The Kier molecular flexibility index (Phi) is 4.40. The average molecular weight is 291 g/mol. The molecular formula is C16H18FNO3. The van der Waals surface area contributed by atoms with Gasteiger partial charge >= 0.3 is 5.97 Å². The average Bonchev–Trinajstić information content (AvgIpc) is 2.76. The van der Waals surface area contributed by atoms with E-state index in [1.807, 2.05) is 6.92 Å². The number of hydrogen-bond acceptors (Lipinski definition) is 2. The van der Waals surface area contributed by atoms with E-state index in [2.05, 4.69) is 6.92 Å². The number of aliphatic carboxylic acids is 1. The molecule has 0 radical (unpaired) electrons. The first-order chi connectivity index (χ1) is 9.88. The third-order valence-corrected chi connectivity index (χ3v) is 3.68. The van der Waals surface area contributed by atoms with E-state index >= 15 is 0 Å². The second kappa shape index (κ2) is 6.08. The van der Waals surface area contributed by atoms with Crippen molar-refractivity contribution < 1.29 is 19.1 Å². The molecule has 1 amide bonds. The quantitative estimate of drug-likeness (QED) is 0.871. The van der Waals surface area contributed by atoms with Gasteiger partial charge in [0.05, 0.1) is 5.56 Å². The van der Waals surface area contributed by atoms with Gasteiger partial charge in [-0.2, -0.15) is 0 Å². The molecule has 0 aromatic heterocycles. The Morgan fingerprint density at radius 3 is 2.67 bits per heavy atom. The Bertz CT molecular complexity index is 597. The van der Waals surface area contributed by atoms with Gasteiger partial charge in [-0.3, -0.25) is 4.79 Å². The molecule has 1 aromatic carbocycles. The molecule has 112 valence electrons. The molecule has 2 unspecified atom stereocenters. The van der Waals surface area contributed by atoms with Crippen molar-refractivity contribution >= 4 is 18.0 Å². The van der Waals surface area contributed by atoms with Gasteiger partial charge in [-0.25, -0.2) is 9.18 Å². The summed E-state index contributed by atoms with van der Waals surface area (Å²) in [5, 5.41) is 8.61. The Hall–Kier alpha value is -2.17. The zero-order valence-corrected chi connectivity index (χ0v) is 12.0. The number of carbonyl (C=O) groups is 2. The molecule has 5 heteroatoms. The summed E-state index contributed by atoms with van der Waals surface area (Å²) in [4.78, 5) is 24.6. The molecule has 1 fully saturated rings. The minimum Gasteiger partial charge on any atom is -0.478 e. The molecular weight excluding hydrogens is 273 g/mol. The zero-order chi connectivity index (χ0) is 15.6. The lowest BCUT2D eigenvalue weighted by molar-refractivity contribution is -0.131. The number of carboxylic acids is 1. The number of nitrogens with zero attached hydrogens (tertiary/aromatic N) is 1. The maximum absolute atomic E-state index is 13.9. The highest BCUT2D eigenvalue weighted by Crippen LogP contribution is 2.25. The summed E-state index contributed by atoms with van der Waals surface area (Å²) in [5.41, 5.74) is 0.477. The summed E-state index contributed by atoms with van der Waals surface area (Å²) in [7, 11) is 0. The predicted octanol–water partition coefficient (Wildman–Crippen LogP) is 2.79. The van der Waals surface area contributed by atoms with Gasteiger partial charge in [0.2, 0.25) is 0 Å². The lowest BCUT2D eigenvalue weighted by atomic mass is 10.1. The highest BCUT2D eigenvalue weighted by molar-refractivity contribution is 5.95. The minimum atomic E-state index is -1.09. The van der Waals surface area contributed by atoms with E-state index in [-0.39, 0.29) is 17.5 Å². The molecule has 1 saturated heterocycles. The molecule has 4 nitrogen and oxygen atoms in total. The monoisotopic (exact) mass is 291 g/mol. The molecule has 1 aliphatic heterocycles. The van der Waals surface area contributed by atoms with Crippen molar-refractivity contribution in [3.8, 4) is 0 Å². The molecule has 1 heterocycles. The second-order valence-electron chi connectivity index (χ2n) is 5.56. The zero-order valence-electron chi connectivity index (χ0n) is 12.0. The summed E-state index contributed by atoms with van der Waals surface area (Å²) in [6, 6.07) is 4.12. The van der Waals surface area contributed by atoms with Gasteiger partial charge in [-0.15, -0.1) is 0 Å². The van der Waals surface area contributed by atoms with Crippen LogP contribution in [0, 0.1) is 11.7 Å². The van der Waals surface area contributed by atoms with E-state index in [4.69, 9.17) is 5.11 Å². The standard InChI is InChI=1S/C16H18FNO3/c1-10-7-11(2)18(9-10)16(21)13-8-12(3-5-14(13)17)4-6-15(19)20/h3-6,8,10-11H,7,9H2,1-2H3,(H,19,20)/b6-4+. The van der Waals surface area contributed by atoms with E-state index in [1.54, 1.807) is 4.90 Å². The van der Waals surface area contributed by atoms with Crippen molar-refractivity contribution in [2.24, 2.45) is 5.92 Å². The van der Waals surface area contributed by atoms with Crippen molar-refractivity contribution in [2.75, 3.05) is 6.54 Å². The highest BCUT2D eigenvalue weighted by atomic mass is 19.1. The minimum absolute atomic E-state index is 0.0107. The molecule has 1 aromatic rings. The Morgan fingerprint density at radius 2 is 2.10 bits per heavy atom. The van der Waals surface area contributed by atoms with Gasteiger partial charge in [-0.1, -0.05) is 13.0 Å². The summed E-state index contributed by atoms with van der Waals surface area (Å²) in [6.07, 6.45) is 3.21. The molecule has 0 spiro atoms. The molecule has 1 N–H and O–H groups in total. The fraction of sp³-hybridized carbons (Fsp3) is 0.375. The fourth-order valence-corrected chi connectivity index (χ4v) is 2.72. The number of amides is 1. The SMILES string of the molecule is CC1CC(C)N(C(=O)c2cc(/C=C/C(=O)O)ccc2F)C1. The Balaban J connectivity index is 2.28. The maximum Gasteiger partial charge on any atom is 0.328 e. The fourth-order valence-electron chi connectivity index (χ4n) is 2.72. The van der Waals surface area contributed by atoms with Crippen molar-refractivity contribution in [3.05, 3.63) is 41.2 Å². The summed E-state index contributed by atoms with van der Waals surface area (Å²) < 4.78 is 13.9. The van der Waals surface area contributed by atoms with Gasteiger partial charge in [0.1, 0.15) is 5.82 Å².